The van der Waals surface area contributed by atoms with Gasteiger partial charge in [-0.05, 0) is 57.0 Å². The monoisotopic (exact) mass is 413 g/mol. The molecule has 3 atom stereocenters. The van der Waals surface area contributed by atoms with E-state index in [1.165, 1.54) is 11.3 Å². The molecule has 162 valence electrons. The smallest absolute Gasteiger partial charge is 0.240 e. The van der Waals surface area contributed by atoms with Gasteiger partial charge in [0, 0.05) is 38.5 Å². The summed E-state index contributed by atoms with van der Waals surface area (Å²) in [5.41, 5.74) is -0.470. The fourth-order valence-electron chi connectivity index (χ4n) is 5.30. The molecule has 7 nitrogen and oxygen atoms in total. The molecule has 4 rings (SSSR count). The van der Waals surface area contributed by atoms with Crippen LogP contribution in [0.25, 0.3) is 0 Å². The molecule has 3 aliphatic rings. The predicted molar refractivity (Wildman–Crippen MR) is 112 cm³/mol. The number of hydrogen-bond acceptors (Lipinski definition) is 5. The SMILES string of the molecule is COc1cccc([C@@]2(CC(=O)N3C[C@H]4CC[C@H]3C4)CC(=O)N(CCN(C)C)C2=O)c1. The minimum absolute atomic E-state index is 0.0133. The van der Waals surface area contributed by atoms with Gasteiger partial charge in [0.25, 0.3) is 0 Å². The van der Waals surface area contributed by atoms with Crippen LogP contribution in [0.3, 0.4) is 0 Å². The molecule has 0 aromatic heterocycles. The van der Waals surface area contributed by atoms with Crippen LogP contribution in [-0.4, -0.2) is 79.3 Å². The number of fused-ring (bicyclic) bond motifs is 2. The Morgan fingerprint density at radius 2 is 2.07 bits per heavy atom. The number of likely N-dealkylation sites (N-methyl/N-ethyl adjacent to an activating group) is 1. The molecule has 1 aliphatic carbocycles. The van der Waals surface area contributed by atoms with Crippen molar-refractivity contribution in [3.8, 4) is 5.75 Å². The standard InChI is InChI=1S/C23H31N3O4/c1-24(2)9-10-25-20(27)13-23(22(25)29,17-5-4-6-19(12-17)30-3)14-21(28)26-15-16-7-8-18(26)11-16/h4-6,12,16,18H,7-11,13-15H2,1-3H3/t16-,18-,23-/m0/s1. The van der Waals surface area contributed by atoms with Crippen LogP contribution in [0.4, 0.5) is 0 Å². The minimum atomic E-state index is -1.16. The van der Waals surface area contributed by atoms with Crippen molar-refractivity contribution in [2.75, 3.05) is 40.8 Å². The molecule has 2 heterocycles. The van der Waals surface area contributed by atoms with E-state index in [4.69, 9.17) is 4.74 Å². The number of carbonyl (C=O) groups is 3. The number of imide groups is 1. The number of piperidine rings is 1. The number of ether oxygens (including phenoxy) is 1. The second-order valence-electron chi connectivity index (χ2n) is 9.20. The van der Waals surface area contributed by atoms with Gasteiger partial charge in [-0.1, -0.05) is 12.1 Å². The van der Waals surface area contributed by atoms with E-state index in [0.717, 1.165) is 19.4 Å². The second kappa shape index (κ2) is 8.02. The first kappa shape index (κ1) is 20.8. The summed E-state index contributed by atoms with van der Waals surface area (Å²) in [7, 11) is 5.39. The van der Waals surface area contributed by atoms with Gasteiger partial charge in [0.1, 0.15) is 5.75 Å². The largest absolute Gasteiger partial charge is 0.497 e. The normalized spacial score (nSPS) is 28.1. The molecule has 0 radical (unpaired) electrons. The van der Waals surface area contributed by atoms with Gasteiger partial charge in [0.05, 0.1) is 12.5 Å². The summed E-state index contributed by atoms with van der Waals surface area (Å²) in [5, 5.41) is 0. The van der Waals surface area contributed by atoms with Crippen molar-refractivity contribution in [3.63, 3.8) is 0 Å². The van der Waals surface area contributed by atoms with Crippen molar-refractivity contribution in [1.29, 1.82) is 0 Å². The Kier molecular flexibility index (Phi) is 5.57. The first-order valence-electron chi connectivity index (χ1n) is 10.8. The van der Waals surface area contributed by atoms with E-state index in [0.29, 0.717) is 36.4 Å². The molecule has 2 saturated heterocycles. The van der Waals surface area contributed by atoms with Crippen LogP contribution in [0, 0.1) is 5.92 Å². The third kappa shape index (κ3) is 3.60. The van der Waals surface area contributed by atoms with Crippen LogP contribution >= 0.6 is 0 Å². The fraction of sp³-hybridized carbons (Fsp3) is 0.609. The van der Waals surface area contributed by atoms with E-state index in [-0.39, 0.29) is 30.6 Å². The zero-order valence-corrected chi connectivity index (χ0v) is 18.1. The zero-order valence-electron chi connectivity index (χ0n) is 18.1. The molecule has 1 aromatic rings. The van der Waals surface area contributed by atoms with Gasteiger partial charge in [-0.2, -0.15) is 0 Å². The molecule has 2 aliphatic heterocycles. The molecule has 2 bridgehead atoms. The number of nitrogens with zero attached hydrogens (tertiary/aromatic N) is 3. The van der Waals surface area contributed by atoms with E-state index < -0.39 is 5.41 Å². The van der Waals surface area contributed by atoms with E-state index >= 15 is 0 Å². The third-order valence-electron chi connectivity index (χ3n) is 6.98. The molecule has 1 aromatic carbocycles. The lowest BCUT2D eigenvalue weighted by Crippen LogP contribution is -2.46. The number of carbonyl (C=O) groups excluding carboxylic acids is 3. The number of hydrogen-bond donors (Lipinski definition) is 0. The van der Waals surface area contributed by atoms with Crippen molar-refractivity contribution < 1.29 is 19.1 Å². The summed E-state index contributed by atoms with van der Waals surface area (Å²) in [5.74, 6) is 0.720. The van der Waals surface area contributed by atoms with Crippen molar-refractivity contribution >= 4 is 17.7 Å². The Labute approximate surface area is 177 Å². The van der Waals surface area contributed by atoms with Crippen molar-refractivity contribution in [2.45, 2.75) is 43.6 Å². The molecule has 0 spiro atoms. The van der Waals surface area contributed by atoms with Gasteiger partial charge in [0.15, 0.2) is 0 Å². The maximum Gasteiger partial charge on any atom is 0.240 e. The average molecular weight is 414 g/mol. The Morgan fingerprint density at radius 1 is 1.27 bits per heavy atom. The second-order valence-corrected chi connectivity index (χ2v) is 9.20. The van der Waals surface area contributed by atoms with Crippen LogP contribution in [-0.2, 0) is 19.8 Å². The summed E-state index contributed by atoms with van der Waals surface area (Å²) in [4.78, 5) is 45.1. The molecule has 7 heteroatoms. The number of likely N-dealkylation sites (tertiary alicyclic amines) is 2. The summed E-state index contributed by atoms with van der Waals surface area (Å²) in [6.07, 6.45) is 3.36. The van der Waals surface area contributed by atoms with E-state index in [9.17, 15) is 14.4 Å². The molecular formula is C23H31N3O4. The zero-order chi connectivity index (χ0) is 21.5. The molecular weight excluding hydrogens is 382 g/mol. The van der Waals surface area contributed by atoms with Crippen LogP contribution in [0.5, 0.6) is 5.75 Å². The van der Waals surface area contributed by atoms with Crippen molar-refractivity contribution in [1.82, 2.24) is 14.7 Å². The number of benzene rings is 1. The highest BCUT2D eigenvalue weighted by Crippen LogP contribution is 2.43. The number of amides is 3. The Morgan fingerprint density at radius 3 is 2.70 bits per heavy atom. The van der Waals surface area contributed by atoms with Crippen molar-refractivity contribution in [3.05, 3.63) is 29.8 Å². The lowest BCUT2D eigenvalue weighted by atomic mass is 9.75. The van der Waals surface area contributed by atoms with Crippen LogP contribution in [0.15, 0.2) is 24.3 Å². The maximum absolute atomic E-state index is 13.6. The van der Waals surface area contributed by atoms with Gasteiger partial charge >= 0.3 is 0 Å². The van der Waals surface area contributed by atoms with Gasteiger partial charge < -0.3 is 14.5 Å². The topological polar surface area (TPSA) is 70.2 Å². The molecule has 3 amide bonds. The van der Waals surface area contributed by atoms with Crippen LogP contribution < -0.4 is 4.74 Å². The van der Waals surface area contributed by atoms with Gasteiger partial charge in [0.2, 0.25) is 17.7 Å². The lowest BCUT2D eigenvalue weighted by molar-refractivity contribution is -0.143. The Balaban J connectivity index is 1.66. The van der Waals surface area contributed by atoms with E-state index in [1.807, 2.05) is 42.1 Å². The number of rotatable bonds is 7. The highest BCUT2D eigenvalue weighted by molar-refractivity contribution is 6.10. The third-order valence-corrected chi connectivity index (χ3v) is 6.98. The van der Waals surface area contributed by atoms with E-state index in [2.05, 4.69) is 0 Å². The quantitative estimate of drug-likeness (QED) is 0.636. The van der Waals surface area contributed by atoms with Gasteiger partial charge in [-0.3, -0.25) is 19.3 Å². The first-order chi connectivity index (χ1) is 14.3. The summed E-state index contributed by atoms with van der Waals surface area (Å²) in [6.45, 7) is 1.71. The highest BCUT2D eigenvalue weighted by Gasteiger charge is 2.55. The van der Waals surface area contributed by atoms with Crippen LogP contribution in [0.1, 0.15) is 37.7 Å². The predicted octanol–water partition coefficient (Wildman–Crippen LogP) is 1.65. The summed E-state index contributed by atoms with van der Waals surface area (Å²) >= 11 is 0. The number of methoxy groups -OCH3 is 1. The molecule has 0 unspecified atom stereocenters. The molecule has 0 N–H and O–H groups in total. The lowest BCUT2D eigenvalue weighted by Gasteiger charge is -2.33. The minimum Gasteiger partial charge on any atom is -0.497 e. The molecule has 30 heavy (non-hydrogen) atoms. The highest BCUT2D eigenvalue weighted by atomic mass is 16.5. The summed E-state index contributed by atoms with van der Waals surface area (Å²) in [6, 6.07) is 7.56. The first-order valence-corrected chi connectivity index (χ1v) is 10.8. The fourth-order valence-corrected chi connectivity index (χ4v) is 5.30. The molecule has 3 fully saturated rings. The van der Waals surface area contributed by atoms with Gasteiger partial charge in [-0.15, -0.1) is 0 Å². The average Bonchev–Trinajstić information content (AvgIpc) is 3.41. The van der Waals surface area contributed by atoms with Crippen molar-refractivity contribution in [2.24, 2.45) is 5.92 Å². The van der Waals surface area contributed by atoms with E-state index in [1.54, 1.807) is 13.2 Å². The van der Waals surface area contributed by atoms with Crippen LogP contribution in [0.2, 0.25) is 0 Å². The Bertz CT molecular complexity index is 855. The molecule has 1 saturated carbocycles. The Hall–Kier alpha value is -2.41. The van der Waals surface area contributed by atoms with Gasteiger partial charge in [-0.25, -0.2) is 0 Å². The maximum atomic E-state index is 13.6. The summed E-state index contributed by atoms with van der Waals surface area (Å²) < 4.78 is 5.36.